The van der Waals surface area contributed by atoms with Crippen molar-refractivity contribution in [2.75, 3.05) is 0 Å². The van der Waals surface area contributed by atoms with Gasteiger partial charge in [0.15, 0.2) is 12.4 Å². The zero-order valence-corrected chi connectivity index (χ0v) is 9.13. The molecule has 1 aromatic carbocycles. The lowest BCUT2D eigenvalue weighted by Crippen LogP contribution is -2.35. The number of fused-ring (bicyclic) bond motifs is 1. The molecule has 0 saturated carbocycles. The highest BCUT2D eigenvalue weighted by molar-refractivity contribution is 5.77. The van der Waals surface area contributed by atoms with Gasteiger partial charge < -0.3 is 4.42 Å². The van der Waals surface area contributed by atoms with E-state index in [1.54, 1.807) is 0 Å². The van der Waals surface area contributed by atoms with Gasteiger partial charge in [0, 0.05) is 23.6 Å². The number of para-hydroxylation sites is 1. The predicted molar refractivity (Wildman–Crippen MR) is 63.6 cm³/mol. The van der Waals surface area contributed by atoms with Gasteiger partial charge in [0.1, 0.15) is 5.58 Å². The summed E-state index contributed by atoms with van der Waals surface area (Å²) in [6.45, 7) is 0. The highest BCUT2D eigenvalue weighted by Gasteiger charge is 2.10. The van der Waals surface area contributed by atoms with Crippen LogP contribution in [0.1, 0.15) is 0 Å². The summed E-state index contributed by atoms with van der Waals surface area (Å²) in [6.07, 6.45) is 3.80. The van der Waals surface area contributed by atoms with Crippen molar-refractivity contribution < 1.29 is 8.98 Å². The standard InChI is InChI=1S/C14H11N2O/c15-14-12(16-8-4-1-5-9-16)10-11-6-2-3-7-13(11)17-14/h1-10,15H/q+1. The summed E-state index contributed by atoms with van der Waals surface area (Å²) < 4.78 is 7.37. The molecule has 1 N–H and O–H groups in total. The Morgan fingerprint density at radius 3 is 2.53 bits per heavy atom. The SMILES string of the molecule is N=c1oc2ccccc2cc1-[n+]1ccccc1. The lowest BCUT2D eigenvalue weighted by molar-refractivity contribution is -0.597. The average molecular weight is 223 g/mol. The van der Waals surface area contributed by atoms with Gasteiger partial charge in [0.25, 0.3) is 11.2 Å². The second-order valence-electron chi connectivity index (χ2n) is 3.78. The van der Waals surface area contributed by atoms with Gasteiger partial charge >= 0.3 is 0 Å². The molecule has 0 fully saturated rings. The zero-order chi connectivity index (χ0) is 11.7. The number of nitrogens with one attached hydrogen (secondary N) is 1. The number of aromatic nitrogens is 1. The van der Waals surface area contributed by atoms with Crippen LogP contribution >= 0.6 is 0 Å². The molecule has 2 aromatic heterocycles. The predicted octanol–water partition coefficient (Wildman–Crippen LogP) is 2.19. The van der Waals surface area contributed by atoms with E-state index in [0.29, 0.717) is 0 Å². The van der Waals surface area contributed by atoms with E-state index in [1.165, 1.54) is 0 Å². The van der Waals surface area contributed by atoms with Crippen LogP contribution in [0.3, 0.4) is 0 Å². The number of benzene rings is 1. The third kappa shape index (κ3) is 1.72. The van der Waals surface area contributed by atoms with Crippen LogP contribution in [0, 0.1) is 5.41 Å². The molecule has 0 amide bonds. The average Bonchev–Trinajstić information content (AvgIpc) is 2.39. The molecule has 3 rings (SSSR count). The lowest BCUT2D eigenvalue weighted by atomic mass is 10.2. The number of hydrogen-bond donors (Lipinski definition) is 1. The molecule has 3 aromatic rings. The first kappa shape index (κ1) is 9.78. The van der Waals surface area contributed by atoms with E-state index in [1.807, 2.05) is 65.5 Å². The van der Waals surface area contributed by atoms with Crippen LogP contribution in [0.25, 0.3) is 16.7 Å². The summed E-state index contributed by atoms with van der Waals surface area (Å²) >= 11 is 0. The number of hydrogen-bond acceptors (Lipinski definition) is 2. The Morgan fingerprint density at radius 1 is 0.941 bits per heavy atom. The molecule has 0 spiro atoms. The highest BCUT2D eigenvalue weighted by Crippen LogP contribution is 2.12. The van der Waals surface area contributed by atoms with Crippen LogP contribution in [0.2, 0.25) is 0 Å². The minimum atomic E-state index is 0.167. The van der Waals surface area contributed by atoms with Crippen molar-refractivity contribution >= 4 is 11.0 Å². The van der Waals surface area contributed by atoms with Crippen molar-refractivity contribution in [2.24, 2.45) is 0 Å². The third-order valence-corrected chi connectivity index (χ3v) is 2.65. The Kier molecular flexibility index (Phi) is 2.22. The summed E-state index contributed by atoms with van der Waals surface area (Å²) in [5.41, 5.74) is 1.64. The van der Waals surface area contributed by atoms with E-state index in [-0.39, 0.29) is 5.55 Å². The number of pyridine rings is 1. The normalized spacial score (nSPS) is 10.6. The Bertz CT molecular complexity index is 717. The largest absolute Gasteiger partial charge is 0.434 e. The molecule has 3 nitrogen and oxygen atoms in total. The van der Waals surface area contributed by atoms with Gasteiger partial charge in [-0.05, 0) is 6.07 Å². The topological polar surface area (TPSA) is 40.9 Å². The second kappa shape index (κ2) is 3.87. The maximum Gasteiger partial charge on any atom is 0.286 e. The zero-order valence-electron chi connectivity index (χ0n) is 9.13. The van der Waals surface area contributed by atoms with Crippen LogP contribution in [-0.2, 0) is 0 Å². The summed E-state index contributed by atoms with van der Waals surface area (Å²) in [7, 11) is 0. The quantitative estimate of drug-likeness (QED) is 0.631. The molecule has 82 valence electrons. The van der Waals surface area contributed by atoms with Crippen LogP contribution in [0.4, 0.5) is 0 Å². The highest BCUT2D eigenvalue weighted by atomic mass is 16.3. The van der Waals surface area contributed by atoms with Crippen LogP contribution in [0.15, 0.2) is 65.3 Å². The molecule has 2 heterocycles. The molecule has 0 aliphatic carbocycles. The molecule has 0 atom stereocenters. The Hall–Kier alpha value is -2.42. The fourth-order valence-electron chi connectivity index (χ4n) is 1.82. The molecule has 0 aliphatic rings. The summed E-state index contributed by atoms with van der Waals surface area (Å²) in [5, 5.41) is 8.90. The van der Waals surface area contributed by atoms with Gasteiger partial charge in [-0.1, -0.05) is 24.3 Å². The van der Waals surface area contributed by atoms with Gasteiger partial charge in [-0.25, -0.2) is 0 Å². The summed E-state index contributed by atoms with van der Waals surface area (Å²) in [4.78, 5) is 0. The molecule has 0 bridgehead atoms. The fraction of sp³-hybridized carbons (Fsp3) is 0. The number of rotatable bonds is 1. The lowest BCUT2D eigenvalue weighted by Gasteiger charge is -1.98. The number of nitrogens with zero attached hydrogens (tertiary/aromatic N) is 1. The van der Waals surface area contributed by atoms with E-state index in [9.17, 15) is 0 Å². The molecule has 0 saturated heterocycles. The van der Waals surface area contributed by atoms with Crippen LogP contribution < -0.4 is 10.1 Å². The van der Waals surface area contributed by atoms with E-state index >= 15 is 0 Å². The first-order valence-corrected chi connectivity index (χ1v) is 5.39. The van der Waals surface area contributed by atoms with Gasteiger partial charge in [-0.3, -0.25) is 5.41 Å². The molecule has 3 heteroatoms. The van der Waals surface area contributed by atoms with Crippen molar-refractivity contribution in [2.45, 2.75) is 0 Å². The van der Waals surface area contributed by atoms with Gasteiger partial charge in [-0.15, -0.1) is 0 Å². The second-order valence-corrected chi connectivity index (χ2v) is 3.78. The summed E-state index contributed by atoms with van der Waals surface area (Å²) in [6, 6.07) is 15.5. The molecule has 17 heavy (non-hydrogen) atoms. The van der Waals surface area contributed by atoms with Crippen molar-refractivity contribution in [3.63, 3.8) is 0 Å². The first-order valence-electron chi connectivity index (χ1n) is 5.39. The fourth-order valence-corrected chi connectivity index (χ4v) is 1.82. The molecular weight excluding hydrogens is 212 g/mol. The Labute approximate surface area is 98.1 Å². The first-order chi connectivity index (χ1) is 8.34. The van der Waals surface area contributed by atoms with Crippen LogP contribution in [-0.4, -0.2) is 0 Å². The molecule has 0 radical (unpaired) electrons. The minimum Gasteiger partial charge on any atom is -0.434 e. The van der Waals surface area contributed by atoms with Gasteiger partial charge in [-0.2, -0.15) is 4.57 Å². The van der Waals surface area contributed by atoms with Crippen molar-refractivity contribution in [3.05, 3.63) is 66.5 Å². The van der Waals surface area contributed by atoms with E-state index in [0.717, 1.165) is 16.7 Å². The minimum absolute atomic E-state index is 0.167. The molecule has 0 aliphatic heterocycles. The Morgan fingerprint density at radius 2 is 1.71 bits per heavy atom. The van der Waals surface area contributed by atoms with E-state index < -0.39 is 0 Å². The maximum absolute atomic E-state index is 7.90. The van der Waals surface area contributed by atoms with Crippen molar-refractivity contribution in [1.29, 1.82) is 5.41 Å². The summed E-state index contributed by atoms with van der Waals surface area (Å²) in [5.74, 6) is 0. The van der Waals surface area contributed by atoms with Gasteiger partial charge in [0.05, 0.1) is 0 Å². The van der Waals surface area contributed by atoms with E-state index in [4.69, 9.17) is 9.83 Å². The van der Waals surface area contributed by atoms with E-state index in [2.05, 4.69) is 0 Å². The molecular formula is C14H11N2O+. The monoisotopic (exact) mass is 223 g/mol. The molecule has 0 unspecified atom stereocenters. The van der Waals surface area contributed by atoms with Crippen molar-refractivity contribution in [1.82, 2.24) is 0 Å². The van der Waals surface area contributed by atoms with Crippen molar-refractivity contribution in [3.8, 4) is 5.69 Å². The third-order valence-electron chi connectivity index (χ3n) is 2.65. The smallest absolute Gasteiger partial charge is 0.286 e. The maximum atomic E-state index is 7.90. The Balaban J connectivity index is 2.31. The van der Waals surface area contributed by atoms with Gasteiger partial charge in [0.2, 0.25) is 0 Å². The van der Waals surface area contributed by atoms with Crippen LogP contribution in [0.5, 0.6) is 0 Å².